The molecular formula is C23H28N4O2. The van der Waals surface area contributed by atoms with Crippen LogP contribution >= 0.6 is 0 Å². The number of amides is 1. The highest BCUT2D eigenvalue weighted by Gasteiger charge is 2.18. The highest BCUT2D eigenvalue weighted by Crippen LogP contribution is 2.25. The summed E-state index contributed by atoms with van der Waals surface area (Å²) in [6.45, 7) is 5.50. The van der Waals surface area contributed by atoms with E-state index in [1.807, 2.05) is 55.4 Å². The third-order valence-electron chi connectivity index (χ3n) is 4.91. The van der Waals surface area contributed by atoms with E-state index >= 15 is 0 Å². The Morgan fingerprint density at radius 3 is 2.41 bits per heavy atom. The van der Waals surface area contributed by atoms with Gasteiger partial charge in [0.1, 0.15) is 11.4 Å². The van der Waals surface area contributed by atoms with Crippen LogP contribution in [0.5, 0.6) is 5.75 Å². The van der Waals surface area contributed by atoms with Crippen LogP contribution in [0.4, 0.5) is 0 Å². The molecule has 0 aliphatic rings. The first kappa shape index (κ1) is 20.6. The third-order valence-corrected chi connectivity index (χ3v) is 4.91. The van der Waals surface area contributed by atoms with E-state index in [4.69, 9.17) is 9.84 Å². The zero-order valence-corrected chi connectivity index (χ0v) is 17.7. The summed E-state index contributed by atoms with van der Waals surface area (Å²) in [5.41, 5.74) is 5.48. The zero-order chi connectivity index (χ0) is 21.0. The Morgan fingerprint density at radius 2 is 1.79 bits per heavy atom. The van der Waals surface area contributed by atoms with Gasteiger partial charge in [-0.05, 0) is 75.5 Å². The Kier molecular flexibility index (Phi) is 6.34. The topological polar surface area (TPSA) is 59.4 Å². The van der Waals surface area contributed by atoms with Gasteiger partial charge in [0, 0.05) is 18.7 Å². The smallest absolute Gasteiger partial charge is 0.270 e. The first-order chi connectivity index (χ1) is 13.9. The maximum atomic E-state index is 12.9. The molecule has 3 rings (SSSR count). The van der Waals surface area contributed by atoms with Crippen molar-refractivity contribution in [1.29, 1.82) is 0 Å². The van der Waals surface area contributed by atoms with Crippen LogP contribution in [0.3, 0.4) is 0 Å². The molecule has 0 atom stereocenters. The van der Waals surface area contributed by atoms with E-state index in [9.17, 15) is 4.79 Å². The minimum atomic E-state index is -0.148. The molecule has 1 amide bonds. The fourth-order valence-electron chi connectivity index (χ4n) is 2.99. The standard InChI is InChI=1S/C23H28N4O2/c1-16-6-7-18(14-17(16)2)21-15-22(23(28)24-12-13-26(3)4)27(25-21)19-8-10-20(29-5)11-9-19/h6-11,14-15H,12-13H2,1-5H3,(H,24,28). The molecule has 0 unspecified atom stereocenters. The number of aryl methyl sites for hydroxylation is 2. The minimum absolute atomic E-state index is 0.148. The van der Waals surface area contributed by atoms with Crippen LogP contribution in [-0.2, 0) is 0 Å². The lowest BCUT2D eigenvalue weighted by molar-refractivity contribution is 0.0943. The van der Waals surface area contributed by atoms with E-state index in [2.05, 4.69) is 31.3 Å². The van der Waals surface area contributed by atoms with E-state index in [-0.39, 0.29) is 5.91 Å². The minimum Gasteiger partial charge on any atom is -0.497 e. The van der Waals surface area contributed by atoms with Crippen LogP contribution in [0.1, 0.15) is 21.6 Å². The second-order valence-electron chi connectivity index (χ2n) is 7.38. The van der Waals surface area contributed by atoms with Gasteiger partial charge in [-0.15, -0.1) is 0 Å². The Labute approximate surface area is 172 Å². The number of hydrogen-bond donors (Lipinski definition) is 1. The number of rotatable bonds is 7. The van der Waals surface area contributed by atoms with Crippen molar-refractivity contribution in [2.45, 2.75) is 13.8 Å². The molecule has 6 heteroatoms. The van der Waals surface area contributed by atoms with Crippen LogP contribution < -0.4 is 10.1 Å². The van der Waals surface area contributed by atoms with Gasteiger partial charge < -0.3 is 15.0 Å². The first-order valence-electron chi connectivity index (χ1n) is 9.64. The number of hydrogen-bond acceptors (Lipinski definition) is 4. The molecule has 3 aromatic rings. The zero-order valence-electron chi connectivity index (χ0n) is 17.7. The van der Waals surface area contributed by atoms with Gasteiger partial charge in [0.05, 0.1) is 18.5 Å². The first-order valence-corrected chi connectivity index (χ1v) is 9.64. The Bertz CT molecular complexity index is 991. The molecule has 0 bridgehead atoms. The van der Waals surface area contributed by atoms with Gasteiger partial charge in [0.2, 0.25) is 0 Å². The van der Waals surface area contributed by atoms with E-state index in [1.165, 1.54) is 11.1 Å². The SMILES string of the molecule is COc1ccc(-n2nc(-c3ccc(C)c(C)c3)cc2C(=O)NCCN(C)C)cc1. The molecule has 0 saturated heterocycles. The number of methoxy groups -OCH3 is 1. The third kappa shape index (κ3) is 4.84. The summed E-state index contributed by atoms with van der Waals surface area (Å²) in [6.07, 6.45) is 0. The van der Waals surface area contributed by atoms with Crippen LogP contribution in [-0.4, -0.2) is 54.9 Å². The molecule has 0 aliphatic heterocycles. The lowest BCUT2D eigenvalue weighted by atomic mass is 10.0. The molecule has 1 N–H and O–H groups in total. The van der Waals surface area contributed by atoms with Gasteiger partial charge in [0.25, 0.3) is 5.91 Å². The van der Waals surface area contributed by atoms with E-state index < -0.39 is 0 Å². The van der Waals surface area contributed by atoms with Crippen LogP contribution in [0.2, 0.25) is 0 Å². The molecule has 0 aliphatic carbocycles. The molecule has 29 heavy (non-hydrogen) atoms. The lowest BCUT2D eigenvalue weighted by Crippen LogP contribution is -2.32. The summed E-state index contributed by atoms with van der Waals surface area (Å²) in [5.74, 6) is 0.609. The van der Waals surface area contributed by atoms with Gasteiger partial charge in [-0.2, -0.15) is 5.10 Å². The number of carbonyl (C=O) groups is 1. The van der Waals surface area contributed by atoms with Crippen molar-refractivity contribution >= 4 is 5.91 Å². The summed E-state index contributed by atoms with van der Waals surface area (Å²) in [6, 6.07) is 15.6. The quantitative estimate of drug-likeness (QED) is 0.669. The van der Waals surface area contributed by atoms with E-state index in [1.54, 1.807) is 11.8 Å². The number of benzene rings is 2. The van der Waals surface area contributed by atoms with Crippen molar-refractivity contribution in [3.05, 3.63) is 65.4 Å². The molecule has 0 saturated carbocycles. The van der Waals surface area contributed by atoms with Crippen molar-refractivity contribution in [3.8, 4) is 22.7 Å². The van der Waals surface area contributed by atoms with Gasteiger partial charge in [-0.1, -0.05) is 12.1 Å². The molecule has 6 nitrogen and oxygen atoms in total. The van der Waals surface area contributed by atoms with Crippen LogP contribution in [0.25, 0.3) is 16.9 Å². The number of nitrogens with one attached hydrogen (secondary N) is 1. The van der Waals surface area contributed by atoms with Crippen molar-refractivity contribution in [3.63, 3.8) is 0 Å². The molecule has 1 aromatic heterocycles. The number of nitrogens with zero attached hydrogens (tertiary/aromatic N) is 3. The van der Waals surface area contributed by atoms with Crippen molar-refractivity contribution in [1.82, 2.24) is 20.0 Å². The summed E-state index contributed by atoms with van der Waals surface area (Å²) >= 11 is 0. The number of likely N-dealkylation sites (N-methyl/N-ethyl adjacent to an activating group) is 1. The fraction of sp³-hybridized carbons (Fsp3) is 0.304. The maximum Gasteiger partial charge on any atom is 0.270 e. The Morgan fingerprint density at radius 1 is 1.07 bits per heavy atom. The molecule has 152 valence electrons. The van der Waals surface area contributed by atoms with Gasteiger partial charge in [-0.3, -0.25) is 4.79 Å². The largest absolute Gasteiger partial charge is 0.497 e. The Balaban J connectivity index is 2.00. The molecule has 0 fully saturated rings. The highest BCUT2D eigenvalue weighted by molar-refractivity contribution is 5.94. The number of carbonyl (C=O) groups excluding carboxylic acids is 1. The van der Waals surface area contributed by atoms with E-state index in [0.29, 0.717) is 12.2 Å². The summed E-state index contributed by atoms with van der Waals surface area (Å²) < 4.78 is 6.93. The number of ether oxygens (including phenoxy) is 1. The van der Waals surface area contributed by atoms with Gasteiger partial charge in [0.15, 0.2) is 0 Å². The summed E-state index contributed by atoms with van der Waals surface area (Å²) in [7, 11) is 5.58. The predicted octanol–water partition coefficient (Wildman–Crippen LogP) is 3.46. The summed E-state index contributed by atoms with van der Waals surface area (Å²) in [4.78, 5) is 14.9. The lowest BCUT2D eigenvalue weighted by Gasteiger charge is -2.11. The fourth-order valence-corrected chi connectivity index (χ4v) is 2.99. The highest BCUT2D eigenvalue weighted by atomic mass is 16.5. The second-order valence-corrected chi connectivity index (χ2v) is 7.38. The Hall–Kier alpha value is -3.12. The van der Waals surface area contributed by atoms with Crippen LogP contribution in [0, 0.1) is 13.8 Å². The second kappa shape index (κ2) is 8.92. The maximum absolute atomic E-state index is 12.9. The van der Waals surface area contributed by atoms with Crippen molar-refractivity contribution < 1.29 is 9.53 Å². The normalized spacial score (nSPS) is 11.0. The molecule has 2 aromatic carbocycles. The monoisotopic (exact) mass is 392 g/mol. The molecule has 1 heterocycles. The molecule has 0 spiro atoms. The van der Waals surface area contributed by atoms with Gasteiger partial charge in [-0.25, -0.2) is 4.68 Å². The summed E-state index contributed by atoms with van der Waals surface area (Å²) in [5, 5.41) is 7.73. The predicted molar refractivity (Wildman–Crippen MR) is 116 cm³/mol. The average Bonchev–Trinajstić information content (AvgIpc) is 3.15. The van der Waals surface area contributed by atoms with Crippen molar-refractivity contribution in [2.75, 3.05) is 34.3 Å². The van der Waals surface area contributed by atoms with Gasteiger partial charge >= 0.3 is 0 Å². The van der Waals surface area contributed by atoms with Crippen molar-refractivity contribution in [2.24, 2.45) is 0 Å². The van der Waals surface area contributed by atoms with Crippen LogP contribution in [0.15, 0.2) is 48.5 Å². The van der Waals surface area contributed by atoms with E-state index in [0.717, 1.165) is 29.2 Å². The molecular weight excluding hydrogens is 364 g/mol. The molecule has 0 radical (unpaired) electrons. The number of aromatic nitrogens is 2. The average molecular weight is 393 g/mol.